The number of Topliss-reactive ketones (excluding diaryl/α,β-unsaturated/α-hetero) is 1. The molecular formula is C12H14O. The minimum Gasteiger partial charge on any atom is -0.295 e. The van der Waals surface area contributed by atoms with Crippen molar-refractivity contribution in [2.24, 2.45) is 0 Å². The van der Waals surface area contributed by atoms with E-state index in [4.69, 9.17) is 0 Å². The Hall–Kier alpha value is -1.37. The van der Waals surface area contributed by atoms with Crippen molar-refractivity contribution in [2.45, 2.75) is 19.8 Å². The summed E-state index contributed by atoms with van der Waals surface area (Å²) in [5, 5.41) is 0. The second kappa shape index (κ2) is 4.04. The van der Waals surface area contributed by atoms with E-state index >= 15 is 0 Å². The van der Waals surface area contributed by atoms with Gasteiger partial charge in [0, 0.05) is 18.4 Å². The zero-order valence-corrected chi connectivity index (χ0v) is 7.97. The molecule has 0 atom stereocenters. The summed E-state index contributed by atoms with van der Waals surface area (Å²) in [6.45, 7) is 9.29. The zero-order chi connectivity index (χ0) is 9.84. The molecule has 0 aromatic carbocycles. The number of hydrogen-bond donors (Lipinski definition) is 0. The Bertz CT molecular complexity index is 316. The molecule has 0 amide bonds. The first-order valence-electron chi connectivity index (χ1n) is 4.44. The molecule has 1 rings (SSSR count). The molecule has 0 heterocycles. The summed E-state index contributed by atoms with van der Waals surface area (Å²) in [6, 6.07) is 0. The quantitative estimate of drug-likeness (QED) is 0.640. The lowest BCUT2D eigenvalue weighted by molar-refractivity contribution is -0.115. The molecule has 0 saturated carbocycles. The van der Waals surface area contributed by atoms with Crippen LogP contribution in [0.5, 0.6) is 0 Å². The van der Waals surface area contributed by atoms with Crippen molar-refractivity contribution in [1.82, 2.24) is 0 Å². The fourth-order valence-electron chi connectivity index (χ4n) is 1.42. The molecular weight excluding hydrogens is 160 g/mol. The molecule has 0 spiro atoms. The Morgan fingerprint density at radius 2 is 2.23 bits per heavy atom. The predicted molar refractivity (Wildman–Crippen MR) is 55.4 cm³/mol. The first-order chi connectivity index (χ1) is 6.22. The van der Waals surface area contributed by atoms with Gasteiger partial charge in [0.1, 0.15) is 0 Å². The average molecular weight is 174 g/mol. The lowest BCUT2D eigenvalue weighted by Gasteiger charge is -1.97. The topological polar surface area (TPSA) is 17.1 Å². The third-order valence-electron chi connectivity index (χ3n) is 2.23. The number of allylic oxidation sites excluding steroid dienone is 6. The van der Waals surface area contributed by atoms with E-state index in [1.807, 2.05) is 13.0 Å². The third kappa shape index (κ3) is 1.86. The molecule has 0 fully saturated rings. The number of carbonyl (C=O) groups is 1. The van der Waals surface area contributed by atoms with Crippen LogP contribution in [0.25, 0.3) is 0 Å². The van der Waals surface area contributed by atoms with E-state index < -0.39 is 0 Å². The number of rotatable bonds is 4. The molecule has 0 aliphatic heterocycles. The maximum Gasteiger partial charge on any atom is 0.158 e. The normalized spacial score (nSPS) is 15.6. The first-order valence-corrected chi connectivity index (χ1v) is 4.44. The van der Waals surface area contributed by atoms with E-state index in [-0.39, 0.29) is 5.78 Å². The Morgan fingerprint density at radius 1 is 1.54 bits per heavy atom. The monoisotopic (exact) mass is 174 g/mol. The molecule has 0 bridgehead atoms. The van der Waals surface area contributed by atoms with E-state index in [0.717, 1.165) is 23.1 Å². The first kappa shape index (κ1) is 9.72. The van der Waals surface area contributed by atoms with Crippen LogP contribution in [-0.4, -0.2) is 5.78 Å². The second-order valence-electron chi connectivity index (χ2n) is 3.01. The lowest BCUT2D eigenvalue weighted by atomic mass is 10.1. The SMILES string of the molecule is C=CC1=C(C=C)CC(C(=O)CC)=C1. The highest BCUT2D eigenvalue weighted by Crippen LogP contribution is 2.27. The van der Waals surface area contributed by atoms with E-state index in [1.165, 1.54) is 0 Å². The van der Waals surface area contributed by atoms with E-state index in [0.29, 0.717) is 6.42 Å². The van der Waals surface area contributed by atoms with Gasteiger partial charge in [0.2, 0.25) is 0 Å². The summed E-state index contributed by atoms with van der Waals surface area (Å²) in [7, 11) is 0. The minimum absolute atomic E-state index is 0.219. The van der Waals surface area contributed by atoms with Crippen molar-refractivity contribution in [3.05, 3.63) is 48.1 Å². The highest BCUT2D eigenvalue weighted by Gasteiger charge is 2.16. The van der Waals surface area contributed by atoms with Crippen LogP contribution < -0.4 is 0 Å². The van der Waals surface area contributed by atoms with E-state index in [1.54, 1.807) is 12.2 Å². The molecule has 0 saturated heterocycles. The fraction of sp³-hybridized carbons (Fsp3) is 0.250. The van der Waals surface area contributed by atoms with Gasteiger partial charge in [-0.3, -0.25) is 4.79 Å². The largest absolute Gasteiger partial charge is 0.295 e. The number of ketones is 1. The van der Waals surface area contributed by atoms with Crippen LogP contribution in [0.3, 0.4) is 0 Å². The van der Waals surface area contributed by atoms with Crippen LogP contribution in [-0.2, 0) is 4.79 Å². The van der Waals surface area contributed by atoms with Crippen molar-refractivity contribution in [2.75, 3.05) is 0 Å². The molecule has 1 aliphatic rings. The Morgan fingerprint density at radius 3 is 2.62 bits per heavy atom. The highest BCUT2D eigenvalue weighted by atomic mass is 16.1. The van der Waals surface area contributed by atoms with Gasteiger partial charge in [-0.05, 0) is 17.2 Å². The van der Waals surface area contributed by atoms with Crippen molar-refractivity contribution in [3.8, 4) is 0 Å². The summed E-state index contributed by atoms with van der Waals surface area (Å²) in [5.74, 6) is 0.219. The maximum atomic E-state index is 11.4. The standard InChI is InChI=1S/C12H14O/c1-4-9-7-11(12(13)6-3)8-10(9)5-2/h4-5,7H,1-2,6,8H2,3H3. The summed E-state index contributed by atoms with van der Waals surface area (Å²) in [6.07, 6.45) is 6.77. The van der Waals surface area contributed by atoms with Gasteiger partial charge < -0.3 is 0 Å². The van der Waals surface area contributed by atoms with Gasteiger partial charge >= 0.3 is 0 Å². The average Bonchev–Trinajstić information content (AvgIpc) is 2.59. The molecule has 0 aromatic heterocycles. The smallest absolute Gasteiger partial charge is 0.158 e. The van der Waals surface area contributed by atoms with Crippen LogP contribution in [0.15, 0.2) is 48.1 Å². The van der Waals surface area contributed by atoms with Crippen LogP contribution in [0.2, 0.25) is 0 Å². The third-order valence-corrected chi connectivity index (χ3v) is 2.23. The van der Waals surface area contributed by atoms with Gasteiger partial charge in [-0.15, -0.1) is 0 Å². The van der Waals surface area contributed by atoms with E-state index in [2.05, 4.69) is 13.2 Å². The Labute approximate surface area is 79.2 Å². The molecule has 0 aromatic rings. The van der Waals surface area contributed by atoms with Gasteiger partial charge in [-0.25, -0.2) is 0 Å². The fourth-order valence-corrected chi connectivity index (χ4v) is 1.42. The minimum atomic E-state index is 0.219. The van der Waals surface area contributed by atoms with Gasteiger partial charge in [0.25, 0.3) is 0 Å². The molecule has 1 aliphatic carbocycles. The maximum absolute atomic E-state index is 11.4. The molecule has 1 nitrogen and oxygen atoms in total. The van der Waals surface area contributed by atoms with Crippen molar-refractivity contribution in [3.63, 3.8) is 0 Å². The summed E-state index contributed by atoms with van der Waals surface area (Å²) in [5.41, 5.74) is 3.02. The highest BCUT2D eigenvalue weighted by molar-refractivity contribution is 5.97. The van der Waals surface area contributed by atoms with Crippen LogP contribution in [0.1, 0.15) is 19.8 Å². The molecule has 0 N–H and O–H groups in total. The van der Waals surface area contributed by atoms with Crippen LogP contribution in [0.4, 0.5) is 0 Å². The van der Waals surface area contributed by atoms with Gasteiger partial charge in [-0.1, -0.05) is 32.2 Å². The van der Waals surface area contributed by atoms with Gasteiger partial charge in [0.05, 0.1) is 0 Å². The summed E-state index contributed by atoms with van der Waals surface area (Å²) < 4.78 is 0. The van der Waals surface area contributed by atoms with Crippen LogP contribution in [0, 0.1) is 0 Å². The zero-order valence-electron chi connectivity index (χ0n) is 7.97. The van der Waals surface area contributed by atoms with Crippen molar-refractivity contribution < 1.29 is 4.79 Å². The number of carbonyl (C=O) groups excluding carboxylic acids is 1. The second-order valence-corrected chi connectivity index (χ2v) is 3.01. The molecule has 13 heavy (non-hydrogen) atoms. The molecule has 0 unspecified atom stereocenters. The van der Waals surface area contributed by atoms with Crippen molar-refractivity contribution in [1.29, 1.82) is 0 Å². The Kier molecular flexibility index (Phi) is 3.02. The van der Waals surface area contributed by atoms with Crippen LogP contribution >= 0.6 is 0 Å². The lowest BCUT2D eigenvalue weighted by Crippen LogP contribution is -1.97. The summed E-state index contributed by atoms with van der Waals surface area (Å²) >= 11 is 0. The van der Waals surface area contributed by atoms with E-state index in [9.17, 15) is 4.79 Å². The van der Waals surface area contributed by atoms with Crippen molar-refractivity contribution >= 4 is 5.78 Å². The number of hydrogen-bond acceptors (Lipinski definition) is 1. The molecule has 0 radical (unpaired) electrons. The van der Waals surface area contributed by atoms with Gasteiger partial charge in [0.15, 0.2) is 5.78 Å². The summed E-state index contributed by atoms with van der Waals surface area (Å²) in [4.78, 5) is 11.4. The predicted octanol–water partition coefficient (Wildman–Crippen LogP) is 2.96. The Balaban J connectivity index is 2.88. The van der Waals surface area contributed by atoms with Gasteiger partial charge in [-0.2, -0.15) is 0 Å². The molecule has 68 valence electrons. The molecule has 1 heteroatoms.